The molecule has 5 aromatic carbocycles. The molecule has 0 N–H and O–H groups in total. The summed E-state index contributed by atoms with van der Waals surface area (Å²) in [4.78, 5) is 1.02. The molecule has 7 heteroatoms. The molecule has 6 rings (SSSR count). The largest absolute Gasteiger partial charge is 0.464 e. The van der Waals surface area contributed by atoms with Crippen molar-refractivity contribution in [2.45, 2.75) is 54.6 Å². The van der Waals surface area contributed by atoms with E-state index in [4.69, 9.17) is 35.3 Å². The molecule has 5 atom stereocenters. The van der Waals surface area contributed by atoms with Crippen LogP contribution in [0.4, 0.5) is 0 Å². The van der Waals surface area contributed by atoms with Crippen molar-refractivity contribution in [3.05, 3.63) is 167 Å². The Morgan fingerprint density at radius 3 is 1.63 bits per heavy atom. The number of hydrogen-bond donors (Lipinski definition) is 0. The van der Waals surface area contributed by atoms with Crippen molar-refractivity contribution < 1.29 is 23.7 Å². The van der Waals surface area contributed by atoms with E-state index in [9.17, 15) is 0 Å². The van der Waals surface area contributed by atoms with Gasteiger partial charge in [0.15, 0.2) is 0 Å². The third kappa shape index (κ3) is 9.23. The molecule has 0 bridgehead atoms. The van der Waals surface area contributed by atoms with E-state index in [-0.39, 0.29) is 5.25 Å². The summed E-state index contributed by atoms with van der Waals surface area (Å²) in [6.45, 7) is 1.56. The van der Waals surface area contributed by atoms with Crippen LogP contribution < -0.4 is 4.74 Å². The highest BCUT2D eigenvalue weighted by Gasteiger charge is 2.49. The first kappa shape index (κ1) is 32.3. The second kappa shape index (κ2) is 16.8. The SMILES string of the molecule is Clc1ccc(S[C@@H]2[C@@H](Oc3ccccc3)O[C@H](COCc3ccccc3)[C@@H](OCc3ccccc3)[C@@H]2OCc2ccccc2)cc1. The fourth-order valence-electron chi connectivity index (χ4n) is 5.33. The maximum absolute atomic E-state index is 6.85. The van der Waals surface area contributed by atoms with Crippen molar-refractivity contribution in [2.75, 3.05) is 6.61 Å². The van der Waals surface area contributed by atoms with Crippen LogP contribution in [0.2, 0.25) is 5.02 Å². The lowest BCUT2D eigenvalue weighted by Gasteiger charge is -2.45. The molecule has 0 unspecified atom stereocenters. The van der Waals surface area contributed by atoms with Gasteiger partial charge in [0.05, 0.1) is 26.4 Å². The molecule has 5 nitrogen and oxygen atoms in total. The van der Waals surface area contributed by atoms with E-state index in [1.54, 1.807) is 11.8 Å². The lowest BCUT2D eigenvalue weighted by Crippen LogP contribution is -2.60. The molecule has 0 aromatic heterocycles. The fraction of sp³-hybridized carbons (Fsp3) is 0.231. The number of rotatable bonds is 14. The summed E-state index contributed by atoms with van der Waals surface area (Å²) >= 11 is 7.89. The van der Waals surface area contributed by atoms with Crippen molar-refractivity contribution in [1.82, 2.24) is 0 Å². The molecule has 0 spiro atoms. The highest BCUT2D eigenvalue weighted by molar-refractivity contribution is 8.00. The molecule has 0 amide bonds. The zero-order chi connectivity index (χ0) is 31.4. The first-order valence-electron chi connectivity index (χ1n) is 15.4. The highest BCUT2D eigenvalue weighted by Crippen LogP contribution is 2.39. The number of ether oxygens (including phenoxy) is 5. The Morgan fingerprint density at radius 2 is 1.07 bits per heavy atom. The second-order valence-corrected chi connectivity index (χ2v) is 12.7. The van der Waals surface area contributed by atoms with Gasteiger partial charge in [-0.15, -0.1) is 11.8 Å². The molecule has 5 aromatic rings. The summed E-state index contributed by atoms with van der Waals surface area (Å²) < 4.78 is 33.3. The van der Waals surface area contributed by atoms with Gasteiger partial charge < -0.3 is 23.7 Å². The molecule has 1 heterocycles. The quantitative estimate of drug-likeness (QED) is 0.119. The standard InChI is InChI=1S/C39H37ClO5S/c40-32-21-23-34(24-22-32)46-38-37(43-27-31-17-9-3-10-18-31)36(42-26-30-15-7-2-8-16-30)35(28-41-25-29-13-5-1-6-14-29)45-39(38)44-33-19-11-4-12-20-33/h1-24,35-39H,25-28H2/t35-,36-,37+,38+,39+/m1/s1. The molecule has 0 saturated carbocycles. The van der Waals surface area contributed by atoms with Crippen molar-refractivity contribution in [2.24, 2.45) is 0 Å². The van der Waals surface area contributed by atoms with Crippen LogP contribution in [0, 0.1) is 0 Å². The zero-order valence-electron chi connectivity index (χ0n) is 25.4. The molecule has 1 saturated heterocycles. The lowest BCUT2D eigenvalue weighted by atomic mass is 10.00. The van der Waals surface area contributed by atoms with Crippen molar-refractivity contribution in [1.29, 1.82) is 0 Å². The minimum absolute atomic E-state index is 0.295. The highest BCUT2D eigenvalue weighted by atomic mass is 35.5. The Labute approximate surface area is 280 Å². The lowest BCUT2D eigenvalue weighted by molar-refractivity contribution is -0.253. The molecule has 0 radical (unpaired) electrons. The van der Waals surface area contributed by atoms with E-state index in [0.717, 1.165) is 21.6 Å². The van der Waals surface area contributed by atoms with Gasteiger partial charge in [0.1, 0.15) is 29.3 Å². The van der Waals surface area contributed by atoms with Gasteiger partial charge in [-0.1, -0.05) is 121 Å². The predicted octanol–water partition coefficient (Wildman–Crippen LogP) is 8.99. The minimum atomic E-state index is -0.661. The van der Waals surface area contributed by atoms with Crippen LogP contribution in [0.5, 0.6) is 5.75 Å². The monoisotopic (exact) mass is 652 g/mol. The van der Waals surface area contributed by atoms with Gasteiger partial charge in [-0.25, -0.2) is 0 Å². The Kier molecular flexibility index (Phi) is 11.8. The summed E-state index contributed by atoms with van der Waals surface area (Å²) in [7, 11) is 0. The van der Waals surface area contributed by atoms with Gasteiger partial charge in [0.25, 0.3) is 0 Å². The molecule has 1 aliphatic rings. The van der Waals surface area contributed by atoms with Crippen molar-refractivity contribution in [3.63, 3.8) is 0 Å². The Hall–Kier alpha value is -3.62. The molecule has 46 heavy (non-hydrogen) atoms. The van der Waals surface area contributed by atoms with Gasteiger partial charge in [0.2, 0.25) is 6.29 Å². The van der Waals surface area contributed by atoms with E-state index < -0.39 is 24.6 Å². The van der Waals surface area contributed by atoms with Crippen molar-refractivity contribution >= 4 is 23.4 Å². The van der Waals surface area contributed by atoms with E-state index in [0.29, 0.717) is 37.2 Å². The number of benzene rings is 5. The molecular weight excluding hydrogens is 616 g/mol. The van der Waals surface area contributed by atoms with Crippen molar-refractivity contribution in [3.8, 4) is 5.75 Å². The summed E-state index contributed by atoms with van der Waals surface area (Å²) in [5.41, 5.74) is 3.23. The number of thioether (sulfide) groups is 1. The minimum Gasteiger partial charge on any atom is -0.464 e. The normalized spacial score (nSPS) is 21.1. The number of hydrogen-bond acceptors (Lipinski definition) is 6. The van der Waals surface area contributed by atoms with Gasteiger partial charge in [-0.3, -0.25) is 0 Å². The van der Waals surface area contributed by atoms with Crippen LogP contribution in [-0.2, 0) is 38.8 Å². The van der Waals surface area contributed by atoms with E-state index in [1.165, 1.54) is 0 Å². The van der Waals surface area contributed by atoms with Gasteiger partial charge in [-0.05, 0) is 53.1 Å². The van der Waals surface area contributed by atoms with Crippen LogP contribution in [0.1, 0.15) is 16.7 Å². The van der Waals surface area contributed by atoms with Crippen LogP contribution >= 0.6 is 23.4 Å². The first-order chi connectivity index (χ1) is 22.7. The molecule has 236 valence electrons. The third-order valence-electron chi connectivity index (χ3n) is 7.64. The Balaban J connectivity index is 1.33. The second-order valence-electron chi connectivity index (χ2n) is 11.0. The molecule has 0 aliphatic carbocycles. The van der Waals surface area contributed by atoms with Crippen LogP contribution in [0.3, 0.4) is 0 Å². The van der Waals surface area contributed by atoms with Gasteiger partial charge in [-0.2, -0.15) is 0 Å². The summed E-state index contributed by atoms with van der Waals surface area (Å²) in [6.07, 6.45) is -2.01. The average Bonchev–Trinajstić information content (AvgIpc) is 3.10. The van der Waals surface area contributed by atoms with Crippen LogP contribution in [0.25, 0.3) is 0 Å². The maximum atomic E-state index is 6.85. The van der Waals surface area contributed by atoms with E-state index in [2.05, 4.69) is 36.4 Å². The molecular formula is C39H37ClO5S. The topological polar surface area (TPSA) is 46.2 Å². The van der Waals surface area contributed by atoms with E-state index in [1.807, 2.05) is 109 Å². The number of para-hydroxylation sites is 1. The van der Waals surface area contributed by atoms with Gasteiger partial charge in [0, 0.05) is 9.92 Å². The third-order valence-corrected chi connectivity index (χ3v) is 9.20. The van der Waals surface area contributed by atoms with E-state index >= 15 is 0 Å². The zero-order valence-corrected chi connectivity index (χ0v) is 27.0. The summed E-state index contributed by atoms with van der Waals surface area (Å²) in [5, 5.41) is 0.383. The average molecular weight is 653 g/mol. The predicted molar refractivity (Wildman–Crippen MR) is 183 cm³/mol. The Morgan fingerprint density at radius 1 is 0.565 bits per heavy atom. The van der Waals surface area contributed by atoms with Gasteiger partial charge >= 0.3 is 0 Å². The van der Waals surface area contributed by atoms with Crippen LogP contribution in [0.15, 0.2) is 150 Å². The Bertz CT molecular complexity index is 1580. The maximum Gasteiger partial charge on any atom is 0.215 e. The first-order valence-corrected chi connectivity index (χ1v) is 16.7. The molecule has 1 fully saturated rings. The molecule has 1 aliphatic heterocycles. The summed E-state index contributed by atoms with van der Waals surface area (Å²) in [6, 6.07) is 48.0. The fourth-order valence-corrected chi connectivity index (χ4v) is 6.66. The number of halogens is 1. The van der Waals surface area contributed by atoms with Crippen LogP contribution in [-0.4, -0.2) is 36.5 Å². The summed E-state index contributed by atoms with van der Waals surface area (Å²) in [5.74, 6) is 0.712. The smallest absolute Gasteiger partial charge is 0.215 e.